The molecule has 6 nitrogen and oxygen atoms in total. The number of nitriles is 1. The molecule has 3 aromatic rings. The van der Waals surface area contributed by atoms with Crippen molar-refractivity contribution in [3.8, 4) is 6.07 Å². The number of aromatic nitrogens is 3. The molecule has 0 unspecified atom stereocenters. The average Bonchev–Trinajstić information content (AvgIpc) is 2.62. The Labute approximate surface area is 146 Å². The van der Waals surface area contributed by atoms with Gasteiger partial charge in [0.25, 0.3) is 0 Å². The zero-order valence-corrected chi connectivity index (χ0v) is 13.1. The number of para-hydroxylation sites is 1. The summed E-state index contributed by atoms with van der Waals surface area (Å²) in [5.41, 5.74) is 0.164. The van der Waals surface area contributed by atoms with Crippen LogP contribution in [0.3, 0.4) is 0 Å². The largest absolute Gasteiger partial charge is 0.418 e. The number of anilines is 4. The molecule has 0 spiro atoms. The SMILES string of the molecule is N#Cc1ccc(Nc2nncc(Nc3ccccc3C(F)(F)F)n2)cc1. The van der Waals surface area contributed by atoms with E-state index in [1.165, 1.54) is 24.4 Å². The van der Waals surface area contributed by atoms with E-state index in [0.29, 0.717) is 11.3 Å². The molecule has 0 aliphatic heterocycles. The van der Waals surface area contributed by atoms with Crippen LogP contribution in [-0.4, -0.2) is 15.2 Å². The molecule has 26 heavy (non-hydrogen) atoms. The number of nitrogens with one attached hydrogen (secondary N) is 2. The molecule has 3 rings (SSSR count). The lowest BCUT2D eigenvalue weighted by atomic mass is 10.1. The highest BCUT2D eigenvalue weighted by Gasteiger charge is 2.33. The summed E-state index contributed by atoms with van der Waals surface area (Å²) in [6, 6.07) is 13.6. The summed E-state index contributed by atoms with van der Waals surface area (Å²) in [5.74, 6) is 0.206. The zero-order chi connectivity index (χ0) is 18.6. The fraction of sp³-hybridized carbons (Fsp3) is 0.0588. The van der Waals surface area contributed by atoms with E-state index in [-0.39, 0.29) is 17.5 Å². The second kappa shape index (κ2) is 7.06. The predicted molar refractivity (Wildman–Crippen MR) is 89.0 cm³/mol. The molecule has 2 aromatic carbocycles. The van der Waals surface area contributed by atoms with Crippen LogP contribution < -0.4 is 10.6 Å². The summed E-state index contributed by atoms with van der Waals surface area (Å²) < 4.78 is 39.2. The first-order valence-corrected chi connectivity index (χ1v) is 7.36. The Bertz CT molecular complexity index is 948. The van der Waals surface area contributed by atoms with Crippen LogP contribution in [0.25, 0.3) is 0 Å². The minimum atomic E-state index is -4.49. The van der Waals surface area contributed by atoms with Gasteiger partial charge in [0.1, 0.15) is 0 Å². The molecule has 0 bridgehead atoms. The Morgan fingerprint density at radius 1 is 0.962 bits per heavy atom. The Morgan fingerprint density at radius 3 is 2.38 bits per heavy atom. The molecule has 1 heterocycles. The Hall–Kier alpha value is -3.67. The molecule has 0 saturated carbocycles. The van der Waals surface area contributed by atoms with Crippen LogP contribution in [0.5, 0.6) is 0 Å². The highest BCUT2D eigenvalue weighted by Crippen LogP contribution is 2.35. The van der Waals surface area contributed by atoms with Gasteiger partial charge < -0.3 is 10.6 Å². The number of benzene rings is 2. The molecule has 2 N–H and O–H groups in total. The second-order valence-corrected chi connectivity index (χ2v) is 5.15. The lowest BCUT2D eigenvalue weighted by Crippen LogP contribution is -2.09. The van der Waals surface area contributed by atoms with Gasteiger partial charge in [0.15, 0.2) is 5.82 Å². The van der Waals surface area contributed by atoms with Gasteiger partial charge in [0, 0.05) is 5.69 Å². The van der Waals surface area contributed by atoms with Gasteiger partial charge in [-0.2, -0.15) is 28.5 Å². The molecule has 130 valence electrons. The predicted octanol–water partition coefficient (Wildman–Crippen LogP) is 4.25. The second-order valence-electron chi connectivity index (χ2n) is 5.15. The van der Waals surface area contributed by atoms with Crippen LogP contribution in [0.15, 0.2) is 54.7 Å². The first-order chi connectivity index (χ1) is 12.5. The molecular weight excluding hydrogens is 345 g/mol. The van der Waals surface area contributed by atoms with Crippen LogP contribution in [0.1, 0.15) is 11.1 Å². The lowest BCUT2D eigenvalue weighted by molar-refractivity contribution is -0.136. The maximum atomic E-state index is 13.1. The monoisotopic (exact) mass is 356 g/mol. The quantitative estimate of drug-likeness (QED) is 0.727. The van der Waals surface area contributed by atoms with Gasteiger partial charge in [-0.05, 0) is 36.4 Å². The highest BCUT2D eigenvalue weighted by molar-refractivity contribution is 5.62. The molecule has 0 saturated heterocycles. The molecule has 0 amide bonds. The third-order valence-electron chi connectivity index (χ3n) is 3.32. The van der Waals surface area contributed by atoms with Crippen LogP contribution >= 0.6 is 0 Å². The van der Waals surface area contributed by atoms with Crippen LogP contribution in [-0.2, 0) is 6.18 Å². The van der Waals surface area contributed by atoms with Crippen LogP contribution in [0.2, 0.25) is 0 Å². The van der Waals surface area contributed by atoms with Crippen molar-refractivity contribution >= 4 is 23.1 Å². The third-order valence-corrected chi connectivity index (χ3v) is 3.32. The fourth-order valence-corrected chi connectivity index (χ4v) is 2.15. The molecule has 0 aliphatic carbocycles. The minimum Gasteiger partial charge on any atom is -0.338 e. The Balaban J connectivity index is 1.81. The van der Waals surface area contributed by atoms with Crippen molar-refractivity contribution < 1.29 is 13.2 Å². The van der Waals surface area contributed by atoms with Crippen molar-refractivity contribution in [1.82, 2.24) is 15.2 Å². The fourth-order valence-electron chi connectivity index (χ4n) is 2.15. The summed E-state index contributed by atoms with van der Waals surface area (Å²) in [4.78, 5) is 4.10. The van der Waals surface area contributed by atoms with E-state index in [9.17, 15) is 13.2 Å². The topological polar surface area (TPSA) is 86.5 Å². The lowest BCUT2D eigenvalue weighted by Gasteiger charge is -2.14. The van der Waals surface area contributed by atoms with Crippen molar-refractivity contribution in [2.75, 3.05) is 10.6 Å². The summed E-state index contributed by atoms with van der Waals surface area (Å²) in [6.07, 6.45) is -3.27. The van der Waals surface area contributed by atoms with E-state index in [2.05, 4.69) is 25.8 Å². The van der Waals surface area contributed by atoms with E-state index in [1.54, 1.807) is 24.3 Å². The van der Waals surface area contributed by atoms with Gasteiger partial charge >= 0.3 is 6.18 Å². The Kier molecular flexibility index (Phi) is 4.66. The maximum absolute atomic E-state index is 13.1. The number of rotatable bonds is 4. The van der Waals surface area contributed by atoms with Gasteiger partial charge in [-0.25, -0.2) is 0 Å². The molecule has 0 atom stereocenters. The number of hydrogen-bond donors (Lipinski definition) is 2. The van der Waals surface area contributed by atoms with E-state index >= 15 is 0 Å². The molecule has 1 aromatic heterocycles. The molecule has 9 heteroatoms. The van der Waals surface area contributed by atoms with Gasteiger partial charge in [-0.3, -0.25) is 0 Å². The normalized spacial score (nSPS) is 10.8. The molecule has 0 aliphatic rings. The van der Waals surface area contributed by atoms with Crippen molar-refractivity contribution in [2.24, 2.45) is 0 Å². The molecular formula is C17H11F3N6. The number of hydrogen-bond acceptors (Lipinski definition) is 6. The van der Waals surface area contributed by atoms with Crippen molar-refractivity contribution in [2.45, 2.75) is 6.18 Å². The standard InChI is InChI=1S/C17H11F3N6/c18-17(19,20)13-3-1-2-4-14(13)24-15-10-22-26-16(25-15)23-12-7-5-11(9-21)6-8-12/h1-8,10H,(H2,23,24,25,26). The van der Waals surface area contributed by atoms with E-state index in [4.69, 9.17) is 5.26 Å². The maximum Gasteiger partial charge on any atom is 0.418 e. The molecule has 0 fully saturated rings. The van der Waals surface area contributed by atoms with E-state index < -0.39 is 11.7 Å². The third kappa shape index (κ3) is 4.05. The van der Waals surface area contributed by atoms with Crippen molar-refractivity contribution in [1.29, 1.82) is 5.26 Å². The number of halogens is 3. The summed E-state index contributed by atoms with van der Waals surface area (Å²) in [6.45, 7) is 0. The van der Waals surface area contributed by atoms with Gasteiger partial charge in [-0.15, -0.1) is 5.10 Å². The summed E-state index contributed by atoms with van der Waals surface area (Å²) in [5, 5.41) is 21.8. The summed E-state index contributed by atoms with van der Waals surface area (Å²) in [7, 11) is 0. The smallest absolute Gasteiger partial charge is 0.338 e. The van der Waals surface area contributed by atoms with Crippen molar-refractivity contribution in [3.63, 3.8) is 0 Å². The summed E-state index contributed by atoms with van der Waals surface area (Å²) >= 11 is 0. The minimum absolute atomic E-state index is 0.101. The number of alkyl halides is 3. The zero-order valence-electron chi connectivity index (χ0n) is 13.1. The number of nitrogens with zero attached hydrogens (tertiary/aromatic N) is 4. The van der Waals surface area contributed by atoms with Gasteiger partial charge in [0.05, 0.1) is 29.1 Å². The average molecular weight is 356 g/mol. The van der Waals surface area contributed by atoms with Gasteiger partial charge in [0.2, 0.25) is 5.95 Å². The first kappa shape index (κ1) is 17.2. The van der Waals surface area contributed by atoms with Crippen molar-refractivity contribution in [3.05, 3.63) is 65.9 Å². The Morgan fingerprint density at radius 2 is 1.69 bits per heavy atom. The highest BCUT2D eigenvalue weighted by atomic mass is 19.4. The van der Waals surface area contributed by atoms with Crippen LogP contribution in [0.4, 0.5) is 36.3 Å². The van der Waals surface area contributed by atoms with E-state index in [0.717, 1.165) is 6.07 Å². The first-order valence-electron chi connectivity index (χ1n) is 7.36. The van der Waals surface area contributed by atoms with Crippen LogP contribution in [0, 0.1) is 11.3 Å². The van der Waals surface area contributed by atoms with E-state index in [1.807, 2.05) is 6.07 Å². The van der Waals surface area contributed by atoms with Gasteiger partial charge in [-0.1, -0.05) is 12.1 Å². The molecule has 0 radical (unpaired) electrons.